The molecule has 51 heavy (non-hydrogen) atoms. The molecule has 2 aromatic carbocycles. The molecule has 14 heteroatoms. The Morgan fingerprint density at radius 2 is 1.82 bits per heavy atom. The molecule has 2 heterocycles. The van der Waals surface area contributed by atoms with Gasteiger partial charge in [0.1, 0.15) is 11.7 Å². The van der Waals surface area contributed by atoms with Gasteiger partial charge in [0.05, 0.1) is 42.2 Å². The summed E-state index contributed by atoms with van der Waals surface area (Å²) in [6.07, 6.45) is -2.18. The maximum absolute atomic E-state index is 14.5. The number of hydrogen-bond acceptors (Lipinski definition) is 10. The summed E-state index contributed by atoms with van der Waals surface area (Å²) in [6, 6.07) is 16.4. The first-order valence-electron chi connectivity index (χ1n) is 17.4. The zero-order chi connectivity index (χ0) is 37.4. The normalized spacial score (nSPS) is 20.3. The number of nitrogens with zero attached hydrogens (tertiary/aromatic N) is 3. The van der Waals surface area contributed by atoms with Crippen molar-refractivity contribution >= 4 is 27.9 Å². The molecule has 2 aliphatic heterocycles. The SMILES string of the molecule is CCN(C(=O)OC(C)(C)C)c1cccc(S(=O)(=O)N(C[C@@H](O)[C@H](Cc2ccccc2)NC(=O)O[C@H]2CO[C@H]3OCC[C@H]32)CC(C)(C)CCC#N)c1. The Morgan fingerprint density at radius 3 is 2.49 bits per heavy atom. The molecular formula is C37H52N4O9S. The Hall–Kier alpha value is -3.74. The molecule has 2 amide bonds. The summed E-state index contributed by atoms with van der Waals surface area (Å²) in [5.74, 6) is -0.0840. The largest absolute Gasteiger partial charge is 0.443 e. The van der Waals surface area contributed by atoms with E-state index in [1.165, 1.54) is 21.3 Å². The fourth-order valence-electron chi connectivity index (χ4n) is 6.25. The zero-order valence-corrected chi connectivity index (χ0v) is 31.2. The zero-order valence-electron chi connectivity index (χ0n) is 30.4. The number of ether oxygens (including phenoxy) is 4. The van der Waals surface area contributed by atoms with Crippen LogP contribution in [0.1, 0.15) is 66.4 Å². The average molecular weight is 729 g/mol. The third-order valence-electron chi connectivity index (χ3n) is 8.92. The minimum absolute atomic E-state index is 0.0349. The van der Waals surface area contributed by atoms with Crippen molar-refractivity contribution in [3.8, 4) is 6.07 Å². The molecule has 0 aliphatic carbocycles. The van der Waals surface area contributed by atoms with Crippen LogP contribution in [-0.4, -0.2) is 93.0 Å². The summed E-state index contributed by atoms with van der Waals surface area (Å²) in [5.41, 5.74) is -0.274. The number of aliphatic hydroxyl groups excluding tert-OH is 1. The highest BCUT2D eigenvalue weighted by atomic mass is 32.2. The summed E-state index contributed by atoms with van der Waals surface area (Å²) in [4.78, 5) is 27.5. The van der Waals surface area contributed by atoms with Crippen LogP contribution in [0, 0.1) is 22.7 Å². The van der Waals surface area contributed by atoms with Crippen molar-refractivity contribution < 1.29 is 42.1 Å². The highest BCUT2D eigenvalue weighted by Gasteiger charge is 2.44. The van der Waals surface area contributed by atoms with E-state index in [9.17, 15) is 28.4 Å². The molecule has 0 bridgehead atoms. The van der Waals surface area contributed by atoms with Gasteiger partial charge in [-0.2, -0.15) is 9.57 Å². The highest BCUT2D eigenvalue weighted by Crippen LogP contribution is 2.33. The molecule has 2 N–H and O–H groups in total. The van der Waals surface area contributed by atoms with Crippen LogP contribution in [-0.2, 0) is 35.4 Å². The standard InChI is InChI=1S/C37H52N4O9S/c1-7-41(35(44)50-36(2,3)4)27-15-11-16-28(22-27)51(45,46)40(25-37(5,6)18-12-19-38)23-31(42)30(21-26-13-9-8-10-14-26)39-34(43)49-32-24-48-33-29(32)17-20-47-33/h8-11,13-16,22,29-33,42H,7,12,17-18,20-21,23-25H2,1-6H3,(H,39,43)/t29-,30-,31+,32-,33+/m0/s1. The average Bonchev–Trinajstić information content (AvgIpc) is 3.68. The van der Waals surface area contributed by atoms with Crippen LogP contribution in [0.4, 0.5) is 15.3 Å². The van der Waals surface area contributed by atoms with E-state index in [1.54, 1.807) is 39.8 Å². The molecule has 0 spiro atoms. The summed E-state index contributed by atoms with van der Waals surface area (Å²) in [5, 5.41) is 23.9. The van der Waals surface area contributed by atoms with Gasteiger partial charge < -0.3 is 29.4 Å². The van der Waals surface area contributed by atoms with E-state index in [-0.39, 0.29) is 49.9 Å². The van der Waals surface area contributed by atoms with Crippen LogP contribution < -0.4 is 10.2 Å². The van der Waals surface area contributed by atoms with Crippen LogP contribution in [0.5, 0.6) is 0 Å². The molecule has 2 fully saturated rings. The van der Waals surface area contributed by atoms with Gasteiger partial charge in [0, 0.05) is 31.7 Å². The number of nitrogens with one attached hydrogen (secondary N) is 1. The molecule has 5 atom stereocenters. The number of amides is 2. The fourth-order valence-corrected chi connectivity index (χ4v) is 7.94. The van der Waals surface area contributed by atoms with Crippen molar-refractivity contribution in [3.63, 3.8) is 0 Å². The van der Waals surface area contributed by atoms with Gasteiger partial charge >= 0.3 is 12.2 Å². The van der Waals surface area contributed by atoms with Crippen LogP contribution in [0.2, 0.25) is 0 Å². The van der Waals surface area contributed by atoms with E-state index in [1.807, 2.05) is 44.2 Å². The fraction of sp³-hybridized carbons (Fsp3) is 0.595. The highest BCUT2D eigenvalue weighted by molar-refractivity contribution is 7.89. The van der Waals surface area contributed by atoms with E-state index in [0.29, 0.717) is 25.1 Å². The maximum Gasteiger partial charge on any atom is 0.414 e. The monoisotopic (exact) mass is 728 g/mol. The smallest absolute Gasteiger partial charge is 0.414 e. The molecule has 0 aromatic heterocycles. The lowest BCUT2D eigenvalue weighted by Crippen LogP contribution is -2.52. The Morgan fingerprint density at radius 1 is 1.10 bits per heavy atom. The van der Waals surface area contributed by atoms with Crippen molar-refractivity contribution in [1.82, 2.24) is 9.62 Å². The quantitative estimate of drug-likeness (QED) is 0.248. The number of hydrogen-bond donors (Lipinski definition) is 2. The van der Waals surface area contributed by atoms with Crippen LogP contribution >= 0.6 is 0 Å². The van der Waals surface area contributed by atoms with Gasteiger partial charge in [0.15, 0.2) is 6.29 Å². The van der Waals surface area contributed by atoms with Crippen molar-refractivity contribution in [2.24, 2.45) is 11.3 Å². The lowest BCUT2D eigenvalue weighted by molar-refractivity contribution is -0.0907. The summed E-state index contributed by atoms with van der Waals surface area (Å²) in [7, 11) is -4.31. The second-order valence-corrected chi connectivity index (χ2v) is 16.8. The molecule has 0 radical (unpaired) electrons. The Balaban J connectivity index is 1.63. The molecule has 4 rings (SSSR count). The first-order chi connectivity index (χ1) is 24.0. The second-order valence-electron chi connectivity index (χ2n) is 14.8. The third kappa shape index (κ3) is 11.1. The molecule has 2 aliphatic rings. The van der Waals surface area contributed by atoms with Crippen molar-refractivity contribution in [3.05, 3.63) is 60.2 Å². The summed E-state index contributed by atoms with van der Waals surface area (Å²) >= 11 is 0. The number of aliphatic hydroxyl groups is 1. The van der Waals surface area contributed by atoms with Crippen LogP contribution in [0.25, 0.3) is 0 Å². The van der Waals surface area contributed by atoms with E-state index in [4.69, 9.17) is 18.9 Å². The number of sulfonamides is 1. The van der Waals surface area contributed by atoms with Gasteiger partial charge in [0.2, 0.25) is 10.0 Å². The lowest BCUT2D eigenvalue weighted by atomic mass is 9.88. The van der Waals surface area contributed by atoms with E-state index < -0.39 is 57.8 Å². The predicted octanol–water partition coefficient (Wildman–Crippen LogP) is 5.23. The minimum atomic E-state index is -4.31. The van der Waals surface area contributed by atoms with Gasteiger partial charge in [-0.25, -0.2) is 18.0 Å². The van der Waals surface area contributed by atoms with Gasteiger partial charge in [-0.1, -0.05) is 50.2 Å². The number of rotatable bonds is 15. The number of carbonyl (C=O) groups excluding carboxylic acids is 2. The number of anilines is 1. The third-order valence-corrected chi connectivity index (χ3v) is 10.7. The van der Waals surface area contributed by atoms with Crippen molar-refractivity contribution in [2.75, 3.05) is 37.7 Å². The van der Waals surface area contributed by atoms with Gasteiger partial charge in [0.25, 0.3) is 0 Å². The maximum atomic E-state index is 14.5. The summed E-state index contributed by atoms with van der Waals surface area (Å²) < 4.78 is 52.6. The number of nitriles is 1. The number of fused-ring (bicyclic) bond motifs is 1. The van der Waals surface area contributed by atoms with Gasteiger partial charge in [-0.3, -0.25) is 4.90 Å². The molecule has 280 valence electrons. The molecule has 13 nitrogen and oxygen atoms in total. The number of carbonyl (C=O) groups is 2. The number of benzene rings is 2. The molecule has 0 saturated carbocycles. The Bertz CT molecular complexity index is 1620. The van der Waals surface area contributed by atoms with Gasteiger partial charge in [-0.05, 0) is 76.1 Å². The first-order valence-corrected chi connectivity index (χ1v) is 18.9. The molecule has 2 aromatic rings. The molecular weight excluding hydrogens is 676 g/mol. The van der Waals surface area contributed by atoms with Crippen LogP contribution in [0.3, 0.4) is 0 Å². The van der Waals surface area contributed by atoms with Crippen molar-refractivity contribution in [2.45, 2.75) is 102 Å². The number of alkyl carbamates (subject to hydrolysis) is 1. The Labute approximate surface area is 301 Å². The minimum Gasteiger partial charge on any atom is -0.443 e. The first kappa shape index (κ1) is 40.0. The lowest BCUT2D eigenvalue weighted by Gasteiger charge is -2.35. The van der Waals surface area contributed by atoms with Gasteiger partial charge in [-0.15, -0.1) is 0 Å². The molecule has 2 saturated heterocycles. The van der Waals surface area contributed by atoms with Crippen molar-refractivity contribution in [1.29, 1.82) is 5.26 Å². The van der Waals surface area contributed by atoms with E-state index in [2.05, 4.69) is 11.4 Å². The summed E-state index contributed by atoms with van der Waals surface area (Å²) in [6.45, 7) is 11.3. The molecule has 0 unspecified atom stereocenters. The predicted molar refractivity (Wildman–Crippen MR) is 190 cm³/mol. The van der Waals surface area contributed by atoms with Crippen LogP contribution in [0.15, 0.2) is 59.5 Å². The topological polar surface area (TPSA) is 168 Å². The van der Waals surface area contributed by atoms with E-state index in [0.717, 1.165) is 5.56 Å². The van der Waals surface area contributed by atoms with E-state index >= 15 is 0 Å². The Kier molecular flexibility index (Phi) is 13.5. The second kappa shape index (κ2) is 17.2.